The predicted molar refractivity (Wildman–Crippen MR) is 113 cm³/mol. The largest absolute Gasteiger partial charge is 0.503 e. The highest BCUT2D eigenvalue weighted by Crippen LogP contribution is 2.23. The van der Waals surface area contributed by atoms with Crippen LogP contribution in [0.3, 0.4) is 0 Å². The van der Waals surface area contributed by atoms with Gasteiger partial charge in [-0.25, -0.2) is 9.59 Å². The number of methoxy groups -OCH3 is 2. The molecule has 10 heteroatoms. The number of carbonyl (C=O) groups is 2. The number of nitrogens with one attached hydrogen (secondary N) is 1. The molecule has 0 bridgehead atoms. The molecular weight excluding hydrogens is 406 g/mol. The minimum absolute atomic E-state index is 0.0346. The van der Waals surface area contributed by atoms with Gasteiger partial charge in [0, 0.05) is 35.9 Å². The second-order valence-electron chi connectivity index (χ2n) is 6.09. The third kappa shape index (κ3) is 6.39. The van der Waals surface area contributed by atoms with Crippen LogP contribution in [-0.2, 0) is 23.9 Å². The van der Waals surface area contributed by atoms with Crippen LogP contribution in [0.25, 0.3) is 5.57 Å². The lowest BCUT2D eigenvalue weighted by molar-refractivity contribution is -0.384. The molecule has 0 amide bonds. The summed E-state index contributed by atoms with van der Waals surface area (Å²) in [4.78, 5) is 38.9. The topological polar surface area (TPSA) is 129 Å². The molecule has 0 aliphatic heterocycles. The molecule has 2 rings (SSSR count). The van der Waals surface area contributed by atoms with Crippen LogP contribution in [-0.4, -0.2) is 43.3 Å². The molecule has 0 aromatic heterocycles. The van der Waals surface area contributed by atoms with Gasteiger partial charge in [0.2, 0.25) is 0 Å². The zero-order valence-corrected chi connectivity index (χ0v) is 17.2. The number of anilines is 1. The second kappa shape index (κ2) is 11.1. The van der Waals surface area contributed by atoms with Gasteiger partial charge in [0.1, 0.15) is 11.3 Å². The summed E-state index contributed by atoms with van der Waals surface area (Å²) in [5, 5.41) is 17.9. The molecule has 0 fully saturated rings. The van der Waals surface area contributed by atoms with E-state index < -0.39 is 16.9 Å². The molecule has 1 N–H and O–H groups in total. The third-order valence-electron chi connectivity index (χ3n) is 3.97. The van der Waals surface area contributed by atoms with Crippen molar-refractivity contribution in [1.29, 1.82) is 0 Å². The summed E-state index contributed by atoms with van der Waals surface area (Å²) < 4.78 is 9.84. The van der Waals surface area contributed by atoms with Gasteiger partial charge in [0.05, 0.1) is 31.9 Å². The molecule has 0 heterocycles. The summed E-state index contributed by atoms with van der Waals surface area (Å²) in [5.74, 6) is -1.27. The zero-order valence-electron chi connectivity index (χ0n) is 17.2. The fraction of sp³-hybridized carbons (Fsp3) is 0.190. The first-order valence-corrected chi connectivity index (χ1v) is 9.01. The lowest BCUT2D eigenvalue weighted by Crippen LogP contribution is -2.19. The molecule has 31 heavy (non-hydrogen) atoms. The number of hydrogen-bond donors (Lipinski definition) is 1. The van der Waals surface area contributed by atoms with E-state index >= 15 is 0 Å². The van der Waals surface area contributed by atoms with Gasteiger partial charge in [-0.2, -0.15) is 0 Å². The average Bonchev–Trinajstić information content (AvgIpc) is 2.77. The van der Waals surface area contributed by atoms with Crippen molar-refractivity contribution in [1.82, 2.24) is 0 Å². The Bertz CT molecular complexity index is 1030. The zero-order chi connectivity index (χ0) is 22.8. The summed E-state index contributed by atoms with van der Waals surface area (Å²) >= 11 is 0. The minimum Gasteiger partial charge on any atom is -0.503 e. The number of esters is 1. The van der Waals surface area contributed by atoms with Crippen LogP contribution in [0.1, 0.15) is 18.1 Å². The van der Waals surface area contributed by atoms with E-state index in [1.54, 1.807) is 30.3 Å². The van der Waals surface area contributed by atoms with Crippen LogP contribution in [0, 0.1) is 10.1 Å². The fourth-order valence-corrected chi connectivity index (χ4v) is 2.63. The molecule has 0 spiro atoms. The first-order chi connectivity index (χ1) is 14.9. The van der Waals surface area contributed by atoms with Crippen LogP contribution >= 0.6 is 0 Å². The molecule has 0 saturated carbocycles. The van der Waals surface area contributed by atoms with Gasteiger partial charge in [0.25, 0.3) is 5.69 Å². The number of nitrogens with zero attached hydrogens (tertiary/aromatic N) is 2. The van der Waals surface area contributed by atoms with Gasteiger partial charge in [-0.05, 0) is 6.07 Å². The summed E-state index contributed by atoms with van der Waals surface area (Å²) in [6.07, 6.45) is 1.24. The van der Waals surface area contributed by atoms with Crippen molar-refractivity contribution in [2.75, 3.05) is 26.1 Å². The van der Waals surface area contributed by atoms with Gasteiger partial charge in [-0.3, -0.25) is 10.1 Å². The number of oxime groups is 1. The lowest BCUT2D eigenvalue weighted by Gasteiger charge is -2.14. The number of rotatable bonds is 9. The van der Waals surface area contributed by atoms with Gasteiger partial charge in [0.15, 0.2) is 0 Å². The maximum atomic E-state index is 12.2. The number of nitro benzene ring substituents is 1. The highest BCUT2D eigenvalue weighted by atomic mass is 16.7. The number of carbonyl (C=O) groups excluding carboxylic acids is 2. The van der Waals surface area contributed by atoms with E-state index in [1.807, 2.05) is 0 Å². The normalized spacial score (nSPS) is 11.5. The molecule has 162 valence electrons. The number of benzene rings is 2. The molecule has 2 aromatic rings. The smallest absolute Gasteiger partial charge is 0.341 e. The molecule has 0 saturated heterocycles. The van der Waals surface area contributed by atoms with Crippen molar-refractivity contribution < 1.29 is 28.8 Å². The van der Waals surface area contributed by atoms with Crippen LogP contribution < -0.4 is 5.32 Å². The van der Waals surface area contributed by atoms with E-state index in [4.69, 9.17) is 14.3 Å². The van der Waals surface area contributed by atoms with Crippen molar-refractivity contribution >= 4 is 34.6 Å². The number of ether oxygens (including phenoxy) is 2. The third-order valence-corrected chi connectivity index (χ3v) is 3.97. The van der Waals surface area contributed by atoms with E-state index in [0.717, 1.165) is 0 Å². The van der Waals surface area contributed by atoms with Crippen LogP contribution in [0.15, 0.2) is 59.9 Å². The Kier molecular flexibility index (Phi) is 8.26. The Labute approximate surface area is 178 Å². The molecular formula is C21H21N3O7. The number of non-ortho nitro benzene ring substituents is 1. The first kappa shape index (κ1) is 23.1. The molecule has 0 unspecified atom stereocenters. The van der Waals surface area contributed by atoms with Gasteiger partial charge >= 0.3 is 11.9 Å². The SMILES string of the molecule is CO/C=C(/C(=O)OC)c1ccccc1C(CNc1cccc([N+](=O)[O-])c1)=NOC(C)=O. The predicted octanol–water partition coefficient (Wildman–Crippen LogP) is 3.13. The van der Waals surface area contributed by atoms with Crippen LogP contribution in [0.2, 0.25) is 0 Å². The summed E-state index contributed by atoms with van der Waals surface area (Å²) in [7, 11) is 2.63. The highest BCUT2D eigenvalue weighted by Gasteiger charge is 2.20. The highest BCUT2D eigenvalue weighted by molar-refractivity contribution is 6.20. The van der Waals surface area contributed by atoms with Gasteiger partial charge < -0.3 is 19.6 Å². The monoisotopic (exact) mass is 427 g/mol. The summed E-state index contributed by atoms with van der Waals surface area (Å²) in [6.45, 7) is 1.23. The van der Waals surface area contributed by atoms with Crippen LogP contribution in [0.5, 0.6) is 0 Å². The van der Waals surface area contributed by atoms with E-state index in [2.05, 4.69) is 10.5 Å². The maximum absolute atomic E-state index is 12.2. The van der Waals surface area contributed by atoms with E-state index in [1.165, 1.54) is 45.6 Å². The molecule has 0 atom stereocenters. The van der Waals surface area contributed by atoms with Crippen LogP contribution in [0.4, 0.5) is 11.4 Å². The minimum atomic E-state index is -0.633. The standard InChI is InChI=1S/C21H21N3O7/c1-14(25)31-23-20(12-22-15-7-6-8-16(11-15)24(27)28)18-10-5-4-9-17(18)19(13-29-2)21(26)30-3/h4-11,13,22H,12H2,1-3H3/b19-13+,23-20?. The van der Waals surface area contributed by atoms with Crippen molar-refractivity contribution in [3.8, 4) is 0 Å². The Balaban J connectivity index is 2.45. The average molecular weight is 427 g/mol. The Morgan fingerprint density at radius 1 is 1.13 bits per heavy atom. The van der Waals surface area contributed by atoms with E-state index in [-0.39, 0.29) is 23.5 Å². The fourth-order valence-electron chi connectivity index (χ4n) is 2.63. The Hall–Kier alpha value is -4.21. The number of nitro groups is 1. The first-order valence-electron chi connectivity index (χ1n) is 9.01. The second-order valence-corrected chi connectivity index (χ2v) is 6.09. The van der Waals surface area contributed by atoms with E-state index in [0.29, 0.717) is 16.8 Å². The quantitative estimate of drug-likeness (QED) is 0.123. The Morgan fingerprint density at radius 2 is 1.84 bits per heavy atom. The number of hydrogen-bond acceptors (Lipinski definition) is 9. The molecule has 10 nitrogen and oxygen atoms in total. The Morgan fingerprint density at radius 3 is 2.45 bits per heavy atom. The maximum Gasteiger partial charge on any atom is 0.341 e. The van der Waals surface area contributed by atoms with Crippen molar-refractivity contribution in [3.05, 3.63) is 76.0 Å². The van der Waals surface area contributed by atoms with E-state index in [9.17, 15) is 19.7 Å². The lowest BCUT2D eigenvalue weighted by atomic mass is 9.97. The molecule has 2 aromatic carbocycles. The molecule has 0 aliphatic carbocycles. The van der Waals surface area contributed by atoms with Crippen molar-refractivity contribution in [2.45, 2.75) is 6.92 Å². The summed E-state index contributed by atoms with van der Waals surface area (Å²) in [6, 6.07) is 12.7. The van der Waals surface area contributed by atoms with Crippen molar-refractivity contribution in [2.24, 2.45) is 5.16 Å². The van der Waals surface area contributed by atoms with Crippen molar-refractivity contribution in [3.63, 3.8) is 0 Å². The van der Waals surface area contributed by atoms with Gasteiger partial charge in [-0.15, -0.1) is 0 Å². The summed E-state index contributed by atoms with van der Waals surface area (Å²) in [5.41, 5.74) is 1.68. The molecule has 0 radical (unpaired) electrons. The van der Waals surface area contributed by atoms with Gasteiger partial charge in [-0.1, -0.05) is 35.5 Å². The molecule has 0 aliphatic rings.